The van der Waals surface area contributed by atoms with E-state index in [9.17, 15) is 14.4 Å². The standard InChI is InChI=1S/C16H25N3O4/c1-16(2,3)23-15(22)19-9-10-4-5-11(19)8-18(10)12-6-7-13(20)17-14(12)21/h10-12H,4-9H2,1-3H3,(H,17,20,21)/t10-,11-,12?/m0/s1. The number of carbonyl (C=O) groups excluding carboxylic acids is 3. The van der Waals surface area contributed by atoms with Crippen LogP contribution in [0, 0.1) is 0 Å². The molecule has 3 atom stereocenters. The first-order valence-corrected chi connectivity index (χ1v) is 8.33. The lowest BCUT2D eigenvalue weighted by Crippen LogP contribution is -2.68. The second-order valence-corrected chi connectivity index (χ2v) is 7.68. The van der Waals surface area contributed by atoms with E-state index in [-0.39, 0.29) is 36.0 Å². The highest BCUT2D eigenvalue weighted by Crippen LogP contribution is 2.33. The summed E-state index contributed by atoms with van der Waals surface area (Å²) in [6, 6.07) is -0.00182. The van der Waals surface area contributed by atoms with Crippen LogP contribution in [0.15, 0.2) is 0 Å². The van der Waals surface area contributed by atoms with Crippen LogP contribution in [0.5, 0.6) is 0 Å². The molecule has 0 aliphatic carbocycles. The maximum absolute atomic E-state index is 12.4. The van der Waals surface area contributed by atoms with Crippen LogP contribution in [0.25, 0.3) is 0 Å². The number of rotatable bonds is 1. The van der Waals surface area contributed by atoms with Gasteiger partial charge in [-0.3, -0.25) is 19.8 Å². The number of piperidine rings is 3. The quantitative estimate of drug-likeness (QED) is 0.725. The Bertz CT molecular complexity index is 528. The summed E-state index contributed by atoms with van der Waals surface area (Å²) in [5.74, 6) is -0.388. The van der Waals surface area contributed by atoms with Gasteiger partial charge in [0.15, 0.2) is 0 Å². The molecule has 0 aromatic heterocycles. The van der Waals surface area contributed by atoms with Crippen molar-refractivity contribution in [1.29, 1.82) is 0 Å². The summed E-state index contributed by atoms with van der Waals surface area (Å²) in [7, 11) is 0. The number of amides is 3. The van der Waals surface area contributed by atoms with Gasteiger partial charge in [-0.05, 0) is 40.0 Å². The molecule has 4 saturated heterocycles. The molecule has 4 aliphatic rings. The number of ether oxygens (including phenoxy) is 1. The minimum atomic E-state index is -0.503. The Morgan fingerprint density at radius 3 is 2.39 bits per heavy atom. The van der Waals surface area contributed by atoms with Gasteiger partial charge in [-0.15, -0.1) is 0 Å². The number of hydrogen-bond donors (Lipinski definition) is 1. The summed E-state index contributed by atoms with van der Waals surface area (Å²) in [5, 5.41) is 2.43. The van der Waals surface area contributed by atoms with Crippen LogP contribution in [0.3, 0.4) is 0 Å². The summed E-state index contributed by atoms with van der Waals surface area (Å²) >= 11 is 0. The molecule has 7 heteroatoms. The third-order valence-electron chi connectivity index (χ3n) is 4.81. The molecule has 0 aromatic rings. The second kappa shape index (κ2) is 5.78. The fraction of sp³-hybridized carbons (Fsp3) is 0.812. The van der Waals surface area contributed by atoms with Crippen molar-refractivity contribution in [1.82, 2.24) is 15.1 Å². The molecule has 128 valence electrons. The third kappa shape index (κ3) is 3.34. The van der Waals surface area contributed by atoms with E-state index >= 15 is 0 Å². The zero-order chi connectivity index (χ0) is 16.8. The molecule has 1 N–H and O–H groups in total. The first-order chi connectivity index (χ1) is 10.7. The van der Waals surface area contributed by atoms with Crippen LogP contribution < -0.4 is 5.32 Å². The van der Waals surface area contributed by atoms with Crippen molar-refractivity contribution in [2.45, 2.75) is 70.2 Å². The van der Waals surface area contributed by atoms with Gasteiger partial charge in [0, 0.05) is 31.6 Å². The number of hydrogen-bond acceptors (Lipinski definition) is 5. The Hall–Kier alpha value is -1.63. The zero-order valence-electron chi connectivity index (χ0n) is 14.0. The fourth-order valence-corrected chi connectivity index (χ4v) is 3.79. The van der Waals surface area contributed by atoms with Crippen LogP contribution in [-0.2, 0) is 14.3 Å². The van der Waals surface area contributed by atoms with Gasteiger partial charge in [0.2, 0.25) is 11.8 Å². The van der Waals surface area contributed by atoms with E-state index in [1.165, 1.54) is 0 Å². The molecular formula is C16H25N3O4. The van der Waals surface area contributed by atoms with Crippen molar-refractivity contribution in [3.8, 4) is 0 Å². The van der Waals surface area contributed by atoms with Crippen LogP contribution >= 0.6 is 0 Å². The van der Waals surface area contributed by atoms with Crippen molar-refractivity contribution in [2.24, 2.45) is 0 Å². The molecule has 4 rings (SSSR count). The maximum Gasteiger partial charge on any atom is 0.410 e. The summed E-state index contributed by atoms with van der Waals surface area (Å²) < 4.78 is 5.49. The molecular weight excluding hydrogens is 298 g/mol. The van der Waals surface area contributed by atoms with E-state index in [4.69, 9.17) is 4.74 Å². The first kappa shape index (κ1) is 16.2. The number of carbonyl (C=O) groups is 3. The fourth-order valence-electron chi connectivity index (χ4n) is 3.79. The second-order valence-electron chi connectivity index (χ2n) is 7.68. The number of nitrogens with zero attached hydrogens (tertiary/aromatic N) is 2. The van der Waals surface area contributed by atoms with E-state index in [0.717, 1.165) is 12.8 Å². The highest BCUT2D eigenvalue weighted by molar-refractivity contribution is 6.00. The van der Waals surface area contributed by atoms with Crippen LogP contribution in [0.2, 0.25) is 0 Å². The summed E-state index contributed by atoms with van der Waals surface area (Å²) in [6.45, 7) is 6.86. The molecule has 0 radical (unpaired) electrons. The highest BCUT2D eigenvalue weighted by Gasteiger charge is 2.46. The maximum atomic E-state index is 12.4. The monoisotopic (exact) mass is 323 g/mol. The van der Waals surface area contributed by atoms with Crippen molar-refractivity contribution < 1.29 is 19.1 Å². The van der Waals surface area contributed by atoms with Gasteiger partial charge in [-0.25, -0.2) is 4.79 Å². The van der Waals surface area contributed by atoms with Gasteiger partial charge in [-0.1, -0.05) is 0 Å². The SMILES string of the molecule is CC(C)(C)OC(=O)N1C[C@@H]2CC[C@H]1CN2C1CCC(=O)NC1=O. The Labute approximate surface area is 136 Å². The van der Waals surface area contributed by atoms with Crippen molar-refractivity contribution >= 4 is 17.9 Å². The van der Waals surface area contributed by atoms with E-state index in [0.29, 0.717) is 25.9 Å². The van der Waals surface area contributed by atoms with Crippen LogP contribution in [0.4, 0.5) is 4.79 Å². The molecule has 1 unspecified atom stereocenters. The van der Waals surface area contributed by atoms with E-state index < -0.39 is 5.60 Å². The lowest BCUT2D eigenvalue weighted by molar-refractivity contribution is -0.141. The molecule has 0 spiro atoms. The minimum Gasteiger partial charge on any atom is -0.444 e. The van der Waals surface area contributed by atoms with Crippen molar-refractivity contribution in [2.75, 3.05) is 13.1 Å². The zero-order valence-corrected chi connectivity index (χ0v) is 14.0. The minimum absolute atomic E-state index is 0.0836. The van der Waals surface area contributed by atoms with E-state index in [1.54, 1.807) is 0 Å². The van der Waals surface area contributed by atoms with Gasteiger partial charge in [-0.2, -0.15) is 0 Å². The smallest absolute Gasteiger partial charge is 0.410 e. The molecule has 0 aromatic carbocycles. The molecule has 7 nitrogen and oxygen atoms in total. The number of piperazine rings is 1. The Morgan fingerprint density at radius 2 is 1.83 bits per heavy atom. The topological polar surface area (TPSA) is 79.0 Å². The Kier molecular flexibility index (Phi) is 4.08. The van der Waals surface area contributed by atoms with Crippen LogP contribution in [0.1, 0.15) is 46.5 Å². The summed E-state index contributed by atoms with van der Waals surface area (Å²) in [4.78, 5) is 39.8. The van der Waals surface area contributed by atoms with Gasteiger partial charge in [0.25, 0.3) is 0 Å². The molecule has 0 saturated carbocycles. The lowest BCUT2D eigenvalue weighted by Gasteiger charge is -2.53. The van der Waals surface area contributed by atoms with Crippen LogP contribution in [-0.4, -0.2) is 64.5 Å². The third-order valence-corrected chi connectivity index (χ3v) is 4.81. The number of imide groups is 1. The van der Waals surface area contributed by atoms with E-state index in [2.05, 4.69) is 10.2 Å². The molecule has 4 aliphatic heterocycles. The molecule has 4 heterocycles. The first-order valence-electron chi connectivity index (χ1n) is 8.33. The van der Waals surface area contributed by atoms with Gasteiger partial charge in [0.05, 0.1) is 6.04 Å². The van der Waals surface area contributed by atoms with Gasteiger partial charge in [0.1, 0.15) is 5.60 Å². The van der Waals surface area contributed by atoms with E-state index in [1.807, 2.05) is 25.7 Å². The number of fused-ring (bicyclic) bond motifs is 3. The predicted molar refractivity (Wildman–Crippen MR) is 82.6 cm³/mol. The van der Waals surface area contributed by atoms with Crippen molar-refractivity contribution in [3.63, 3.8) is 0 Å². The molecule has 2 bridgehead atoms. The average Bonchev–Trinajstić information content (AvgIpc) is 2.45. The Morgan fingerprint density at radius 1 is 1.13 bits per heavy atom. The average molecular weight is 323 g/mol. The summed E-state index contributed by atoms with van der Waals surface area (Å²) in [6.07, 6.45) is 2.60. The Balaban J connectivity index is 1.66. The van der Waals surface area contributed by atoms with Crippen molar-refractivity contribution in [3.05, 3.63) is 0 Å². The molecule has 3 amide bonds. The molecule has 23 heavy (non-hydrogen) atoms. The largest absolute Gasteiger partial charge is 0.444 e. The molecule has 4 fully saturated rings. The summed E-state index contributed by atoms with van der Waals surface area (Å²) in [5.41, 5.74) is -0.503. The lowest BCUT2D eigenvalue weighted by atomic mass is 9.88. The predicted octanol–water partition coefficient (Wildman–Crippen LogP) is 0.875. The normalized spacial score (nSPS) is 32.0. The van der Waals surface area contributed by atoms with Gasteiger partial charge >= 0.3 is 6.09 Å². The number of nitrogens with one attached hydrogen (secondary N) is 1. The van der Waals surface area contributed by atoms with Gasteiger partial charge < -0.3 is 9.64 Å². The highest BCUT2D eigenvalue weighted by atomic mass is 16.6.